The summed E-state index contributed by atoms with van der Waals surface area (Å²) in [6, 6.07) is 0. The summed E-state index contributed by atoms with van der Waals surface area (Å²) in [4.78, 5) is 0. The topological polar surface area (TPSA) is 20.2 Å². The van der Waals surface area contributed by atoms with Gasteiger partial charge in [-0.25, -0.2) is 0 Å². The van der Waals surface area contributed by atoms with E-state index in [0.29, 0.717) is 0 Å². The molecule has 1 N–H and O–H groups in total. The van der Waals surface area contributed by atoms with Gasteiger partial charge in [0, 0.05) is 0 Å². The number of hydrogen-bond donors (Lipinski definition) is 1. The van der Waals surface area contributed by atoms with Gasteiger partial charge in [0.15, 0.2) is 0 Å². The van der Waals surface area contributed by atoms with Crippen molar-refractivity contribution in [2.75, 3.05) is 11.5 Å². The summed E-state index contributed by atoms with van der Waals surface area (Å²) in [6.45, 7) is 4.17. The predicted octanol–water partition coefficient (Wildman–Crippen LogP) is 5.80. The Morgan fingerprint density at radius 2 is 1.21 bits per heavy atom. The van der Waals surface area contributed by atoms with E-state index in [2.05, 4.69) is 18.7 Å². The molecular formula is C17H36OS. The van der Waals surface area contributed by atoms with Crippen LogP contribution in [0.15, 0.2) is 0 Å². The van der Waals surface area contributed by atoms with Gasteiger partial charge >= 0.3 is 0 Å². The molecule has 0 spiro atoms. The van der Waals surface area contributed by atoms with Crippen LogP contribution in [-0.2, 0) is 0 Å². The smallest absolute Gasteiger partial charge is 0.0512 e. The van der Waals surface area contributed by atoms with Crippen LogP contribution in [0.2, 0.25) is 0 Å². The molecule has 0 aromatic carbocycles. The van der Waals surface area contributed by atoms with Gasteiger partial charge in [-0.2, -0.15) is 11.8 Å². The highest BCUT2D eigenvalue weighted by atomic mass is 32.2. The molecule has 0 saturated carbocycles. The fourth-order valence-corrected chi connectivity index (χ4v) is 3.28. The van der Waals surface area contributed by atoms with Crippen molar-refractivity contribution in [2.45, 2.75) is 97.0 Å². The van der Waals surface area contributed by atoms with Gasteiger partial charge in [0.05, 0.1) is 6.10 Å². The van der Waals surface area contributed by atoms with Crippen LogP contribution in [-0.4, -0.2) is 22.7 Å². The van der Waals surface area contributed by atoms with Crippen molar-refractivity contribution in [3.8, 4) is 0 Å². The number of aliphatic hydroxyl groups excluding tert-OH is 1. The number of rotatable bonds is 15. The molecule has 116 valence electrons. The number of hydrogen-bond acceptors (Lipinski definition) is 2. The molecule has 0 aromatic heterocycles. The summed E-state index contributed by atoms with van der Waals surface area (Å²) in [7, 11) is 0. The second kappa shape index (κ2) is 16.4. The highest BCUT2D eigenvalue weighted by Crippen LogP contribution is 2.13. The lowest BCUT2D eigenvalue weighted by Crippen LogP contribution is -1.98. The molecule has 1 nitrogen and oxygen atoms in total. The van der Waals surface area contributed by atoms with E-state index in [1.807, 2.05) is 6.92 Å². The Bertz CT molecular complexity index is 159. The van der Waals surface area contributed by atoms with Crippen molar-refractivity contribution in [2.24, 2.45) is 0 Å². The monoisotopic (exact) mass is 288 g/mol. The van der Waals surface area contributed by atoms with Crippen molar-refractivity contribution in [1.82, 2.24) is 0 Å². The third kappa shape index (κ3) is 18.3. The van der Waals surface area contributed by atoms with Crippen LogP contribution in [0.5, 0.6) is 0 Å². The molecule has 1 atom stereocenters. The molecule has 0 heterocycles. The second-order valence-corrected chi connectivity index (χ2v) is 7.01. The van der Waals surface area contributed by atoms with Gasteiger partial charge in [-0.05, 0) is 37.7 Å². The van der Waals surface area contributed by atoms with Gasteiger partial charge in [-0.3, -0.25) is 0 Å². The third-order valence-electron chi connectivity index (χ3n) is 3.55. The summed E-state index contributed by atoms with van der Waals surface area (Å²) in [5, 5.41) is 9.14. The normalized spacial score (nSPS) is 12.8. The molecule has 0 aliphatic carbocycles. The molecule has 1 unspecified atom stereocenters. The van der Waals surface area contributed by atoms with Crippen LogP contribution in [0.1, 0.15) is 90.9 Å². The molecule has 0 fully saturated rings. The van der Waals surface area contributed by atoms with E-state index in [-0.39, 0.29) is 6.10 Å². The van der Waals surface area contributed by atoms with Crippen LogP contribution in [0.4, 0.5) is 0 Å². The third-order valence-corrected chi connectivity index (χ3v) is 4.71. The van der Waals surface area contributed by atoms with Gasteiger partial charge in [-0.15, -0.1) is 0 Å². The van der Waals surface area contributed by atoms with Crippen molar-refractivity contribution >= 4 is 11.8 Å². The maximum absolute atomic E-state index is 9.14. The van der Waals surface area contributed by atoms with Gasteiger partial charge in [0.25, 0.3) is 0 Å². The van der Waals surface area contributed by atoms with Gasteiger partial charge in [0.1, 0.15) is 0 Å². The Balaban J connectivity index is 2.91. The molecule has 0 amide bonds. The average molecular weight is 289 g/mol. The molecule has 2 heteroatoms. The van der Waals surface area contributed by atoms with Crippen LogP contribution >= 0.6 is 11.8 Å². The van der Waals surface area contributed by atoms with Crippen LogP contribution in [0, 0.1) is 0 Å². The average Bonchev–Trinajstić information content (AvgIpc) is 2.39. The van der Waals surface area contributed by atoms with E-state index in [1.165, 1.54) is 82.1 Å². The van der Waals surface area contributed by atoms with E-state index >= 15 is 0 Å². The van der Waals surface area contributed by atoms with E-state index in [4.69, 9.17) is 5.11 Å². The zero-order chi connectivity index (χ0) is 14.2. The minimum Gasteiger partial charge on any atom is -0.393 e. The van der Waals surface area contributed by atoms with E-state index in [9.17, 15) is 0 Å². The molecule has 0 saturated heterocycles. The first-order valence-electron chi connectivity index (χ1n) is 8.53. The SMILES string of the molecule is CCCCCCCSCCCCCCCCC(C)O. The van der Waals surface area contributed by atoms with Gasteiger partial charge in [-0.1, -0.05) is 64.7 Å². The maximum Gasteiger partial charge on any atom is 0.0512 e. The minimum atomic E-state index is -0.103. The quantitative estimate of drug-likeness (QED) is 0.384. The first-order valence-corrected chi connectivity index (χ1v) is 9.68. The molecule has 0 aliphatic rings. The Morgan fingerprint density at radius 3 is 1.74 bits per heavy atom. The number of unbranched alkanes of at least 4 members (excludes halogenated alkanes) is 9. The second-order valence-electron chi connectivity index (χ2n) is 5.79. The number of thioether (sulfide) groups is 1. The summed E-state index contributed by atoms with van der Waals surface area (Å²) >= 11 is 2.15. The number of aliphatic hydroxyl groups is 1. The minimum absolute atomic E-state index is 0.103. The fourth-order valence-electron chi connectivity index (χ4n) is 2.26. The lowest BCUT2D eigenvalue weighted by Gasteiger charge is -2.04. The van der Waals surface area contributed by atoms with E-state index < -0.39 is 0 Å². The molecule has 0 bridgehead atoms. The summed E-state index contributed by atoms with van der Waals surface area (Å²) in [5.41, 5.74) is 0. The van der Waals surface area contributed by atoms with Gasteiger partial charge in [0.2, 0.25) is 0 Å². The summed E-state index contributed by atoms with van der Waals surface area (Å²) in [5.74, 6) is 2.74. The Labute approximate surface area is 125 Å². The Kier molecular flexibility index (Phi) is 16.6. The van der Waals surface area contributed by atoms with Crippen molar-refractivity contribution < 1.29 is 5.11 Å². The molecule has 0 aromatic rings. The lowest BCUT2D eigenvalue weighted by atomic mass is 10.1. The molecular weight excluding hydrogens is 252 g/mol. The Morgan fingerprint density at radius 1 is 0.737 bits per heavy atom. The van der Waals surface area contributed by atoms with Crippen molar-refractivity contribution in [3.63, 3.8) is 0 Å². The van der Waals surface area contributed by atoms with Crippen LogP contribution < -0.4 is 0 Å². The highest BCUT2D eigenvalue weighted by molar-refractivity contribution is 7.99. The van der Waals surface area contributed by atoms with E-state index in [1.54, 1.807) is 0 Å². The van der Waals surface area contributed by atoms with Crippen LogP contribution in [0.3, 0.4) is 0 Å². The molecule has 0 rings (SSSR count). The fraction of sp³-hybridized carbons (Fsp3) is 1.00. The molecule has 19 heavy (non-hydrogen) atoms. The largest absolute Gasteiger partial charge is 0.393 e. The molecule has 0 radical (unpaired) electrons. The predicted molar refractivity (Wildman–Crippen MR) is 90.1 cm³/mol. The zero-order valence-electron chi connectivity index (χ0n) is 13.3. The summed E-state index contributed by atoms with van der Waals surface area (Å²) < 4.78 is 0. The first-order chi connectivity index (χ1) is 9.27. The summed E-state index contributed by atoms with van der Waals surface area (Å²) in [6.07, 6.45) is 16.0. The van der Waals surface area contributed by atoms with Crippen molar-refractivity contribution in [1.29, 1.82) is 0 Å². The molecule has 0 aliphatic heterocycles. The van der Waals surface area contributed by atoms with Crippen LogP contribution in [0.25, 0.3) is 0 Å². The standard InChI is InChI=1S/C17H36OS/c1-3-4-5-9-12-15-19-16-13-10-7-6-8-11-14-17(2)18/h17-18H,3-16H2,1-2H3. The van der Waals surface area contributed by atoms with Crippen molar-refractivity contribution in [3.05, 3.63) is 0 Å². The highest BCUT2D eigenvalue weighted by Gasteiger charge is 1.96. The van der Waals surface area contributed by atoms with E-state index in [0.717, 1.165) is 6.42 Å². The van der Waals surface area contributed by atoms with Gasteiger partial charge < -0.3 is 5.11 Å². The first kappa shape index (κ1) is 19.3. The maximum atomic E-state index is 9.14. The lowest BCUT2D eigenvalue weighted by molar-refractivity contribution is 0.180. The zero-order valence-corrected chi connectivity index (χ0v) is 14.1. The Hall–Kier alpha value is 0.310.